The van der Waals surface area contributed by atoms with Gasteiger partial charge in [0.05, 0.1) is 54.4 Å². The molecule has 0 N–H and O–H groups in total. The summed E-state index contributed by atoms with van der Waals surface area (Å²) < 4.78 is 2.49. The van der Waals surface area contributed by atoms with Gasteiger partial charge in [-0.15, -0.1) is 0 Å². The topological polar surface area (TPSA) is 63.2 Å². The van der Waals surface area contributed by atoms with E-state index >= 15 is 0 Å². The molecule has 0 rings (SSSR count). The van der Waals surface area contributed by atoms with Gasteiger partial charge in [-0.3, -0.25) is 0 Å². The van der Waals surface area contributed by atoms with Crippen LogP contribution in [0.15, 0.2) is 0 Å². The lowest BCUT2D eigenvalue weighted by atomic mass is 10.1. The molecule has 0 bridgehead atoms. The maximum atomic E-state index is 8.33. The highest BCUT2D eigenvalue weighted by Crippen LogP contribution is 2.16. The van der Waals surface area contributed by atoms with Gasteiger partial charge in [0.15, 0.2) is 0 Å². The fraction of sp³-hybridized carbons (Fsp3) is 0.981. The zero-order valence-corrected chi connectivity index (χ0v) is 41.7. The summed E-state index contributed by atoms with van der Waals surface area (Å²) in [5, 5.41) is 16.7. The zero-order valence-electron chi connectivity index (χ0n) is 41.7. The molecule has 352 valence electrons. The first kappa shape index (κ1) is 61.5. The van der Waals surface area contributed by atoms with Gasteiger partial charge in [0.2, 0.25) is 0 Å². The fourth-order valence-electron chi connectivity index (χ4n) is 8.33. The highest BCUT2D eigenvalue weighted by Gasteiger charge is 2.14. The van der Waals surface area contributed by atoms with E-state index in [0.717, 1.165) is 0 Å². The lowest BCUT2D eigenvalue weighted by Gasteiger charge is -2.30. The second-order valence-corrected chi connectivity index (χ2v) is 19.7. The SMILES string of the molecule is CCCCCCCCCCCC[N+](C)(C)CCCCCCCCCCCC.CCCCCCCCCCCC[N+](C)(C)CCCCCCCCCCCC.O=C([O-])[O-]. The van der Waals surface area contributed by atoms with E-state index in [1.54, 1.807) is 0 Å². The monoisotopic (exact) mass is 825 g/mol. The summed E-state index contributed by atoms with van der Waals surface area (Å²) in [7, 11) is 9.78. The summed E-state index contributed by atoms with van der Waals surface area (Å²) in [4.78, 5) is 8.33. The standard InChI is InChI=1S/2C26H56N.CH2O3/c2*1-5-7-9-11-13-15-17-19-21-23-25-27(3,4)26-24-22-20-18-16-14-12-10-8-6-2;2-1(3)4/h2*5-26H2,1-4H3;(H2,2,3,4)/q2*+1;/p-2. The van der Waals surface area contributed by atoms with Gasteiger partial charge in [0.25, 0.3) is 0 Å². The Bertz CT molecular complexity index is 644. The molecular formula is C53H112N2O3. The van der Waals surface area contributed by atoms with Crippen LogP contribution in [-0.4, -0.2) is 69.5 Å². The summed E-state index contributed by atoms with van der Waals surface area (Å²) >= 11 is 0. The van der Waals surface area contributed by atoms with Crippen molar-refractivity contribution in [2.45, 2.75) is 285 Å². The van der Waals surface area contributed by atoms with E-state index in [-0.39, 0.29) is 0 Å². The van der Waals surface area contributed by atoms with Gasteiger partial charge in [0, 0.05) is 0 Å². The van der Waals surface area contributed by atoms with E-state index in [4.69, 9.17) is 15.0 Å². The molecule has 0 spiro atoms. The Kier molecular flexibility index (Phi) is 53.6. The third kappa shape index (κ3) is 61.8. The number of carbonyl (C=O) groups excluding carboxylic acids is 1. The van der Waals surface area contributed by atoms with Crippen LogP contribution in [0.1, 0.15) is 285 Å². The van der Waals surface area contributed by atoms with E-state index in [2.05, 4.69) is 55.9 Å². The molecule has 0 unspecified atom stereocenters. The summed E-state index contributed by atoms with van der Waals surface area (Å²) in [6.45, 7) is 14.7. The third-order valence-electron chi connectivity index (χ3n) is 12.5. The number of carbonyl (C=O) groups is 1. The Labute approximate surface area is 367 Å². The van der Waals surface area contributed by atoms with Gasteiger partial charge in [-0.05, 0) is 57.5 Å². The van der Waals surface area contributed by atoms with Gasteiger partial charge in [-0.25, -0.2) is 0 Å². The van der Waals surface area contributed by atoms with Crippen molar-refractivity contribution < 1.29 is 24.0 Å². The van der Waals surface area contributed by atoms with E-state index in [0.29, 0.717) is 0 Å². The zero-order chi connectivity index (χ0) is 43.7. The number of rotatable bonds is 44. The van der Waals surface area contributed by atoms with Gasteiger partial charge in [-0.1, -0.05) is 233 Å². The number of hydrogen-bond donors (Lipinski definition) is 0. The number of nitrogens with zero attached hydrogens (tertiary/aromatic N) is 2. The summed E-state index contributed by atoms with van der Waals surface area (Å²) in [6.07, 6.45) is 55.7. The largest absolute Gasteiger partial charge is 0.652 e. The molecule has 58 heavy (non-hydrogen) atoms. The van der Waals surface area contributed by atoms with Gasteiger partial charge < -0.3 is 24.0 Å². The number of carboxylic acid groups (broad SMARTS) is 2. The Hall–Kier alpha value is -0.810. The van der Waals surface area contributed by atoms with Crippen molar-refractivity contribution in [2.24, 2.45) is 0 Å². The van der Waals surface area contributed by atoms with Crippen molar-refractivity contribution in [3.05, 3.63) is 0 Å². The number of unbranched alkanes of at least 4 members (excludes halogenated alkanes) is 36. The van der Waals surface area contributed by atoms with E-state index in [9.17, 15) is 0 Å². The predicted octanol–water partition coefficient (Wildman–Crippen LogP) is 15.4. The van der Waals surface area contributed by atoms with Gasteiger partial charge >= 0.3 is 0 Å². The highest BCUT2D eigenvalue weighted by molar-refractivity contribution is 5.47. The van der Waals surface area contributed by atoms with Gasteiger partial charge in [-0.2, -0.15) is 0 Å². The van der Waals surface area contributed by atoms with Crippen molar-refractivity contribution in [3.8, 4) is 0 Å². The average molecular weight is 825 g/mol. The van der Waals surface area contributed by atoms with Crippen LogP contribution in [0.25, 0.3) is 0 Å². The highest BCUT2D eigenvalue weighted by atomic mass is 16.6. The predicted molar refractivity (Wildman–Crippen MR) is 256 cm³/mol. The molecule has 5 heteroatoms. The van der Waals surface area contributed by atoms with Crippen LogP contribution in [0.4, 0.5) is 4.79 Å². The molecule has 0 fully saturated rings. The molecular weight excluding hydrogens is 713 g/mol. The van der Waals surface area contributed by atoms with E-state index in [1.165, 1.54) is 292 Å². The first-order valence-corrected chi connectivity index (χ1v) is 26.5. The lowest BCUT2D eigenvalue weighted by molar-refractivity contribution is -0.890. The molecule has 0 atom stereocenters. The van der Waals surface area contributed by atoms with Crippen LogP contribution in [-0.2, 0) is 0 Å². The summed E-state index contributed by atoms with van der Waals surface area (Å²) in [6, 6.07) is 0. The van der Waals surface area contributed by atoms with Crippen LogP contribution in [0.5, 0.6) is 0 Å². The van der Waals surface area contributed by atoms with Crippen molar-refractivity contribution >= 4 is 6.16 Å². The van der Waals surface area contributed by atoms with E-state index in [1.807, 2.05) is 0 Å². The molecule has 0 heterocycles. The smallest absolute Gasteiger partial charge is 0.0782 e. The summed E-state index contributed by atoms with van der Waals surface area (Å²) in [5.74, 6) is 0. The maximum Gasteiger partial charge on any atom is 0.0782 e. The molecule has 0 radical (unpaired) electrons. The normalized spacial score (nSPS) is 11.6. The maximum absolute atomic E-state index is 8.33. The summed E-state index contributed by atoms with van der Waals surface area (Å²) in [5.41, 5.74) is 0. The minimum atomic E-state index is -2.33. The van der Waals surface area contributed by atoms with Crippen LogP contribution < -0.4 is 10.2 Å². The van der Waals surface area contributed by atoms with Crippen LogP contribution >= 0.6 is 0 Å². The molecule has 0 amide bonds. The Balaban J connectivity index is -0.000000953. The van der Waals surface area contributed by atoms with Crippen molar-refractivity contribution in [3.63, 3.8) is 0 Å². The second kappa shape index (κ2) is 50.5. The molecule has 0 aromatic rings. The average Bonchev–Trinajstić information content (AvgIpc) is 3.17. The molecule has 0 saturated carbocycles. The fourth-order valence-corrected chi connectivity index (χ4v) is 8.33. The number of hydrogen-bond acceptors (Lipinski definition) is 3. The Morgan fingerprint density at radius 3 is 0.483 bits per heavy atom. The minimum Gasteiger partial charge on any atom is -0.652 e. The molecule has 0 aromatic carbocycles. The van der Waals surface area contributed by atoms with Crippen molar-refractivity contribution in [1.82, 2.24) is 0 Å². The molecule has 0 aliphatic carbocycles. The second-order valence-electron chi connectivity index (χ2n) is 19.7. The first-order chi connectivity index (χ1) is 28.0. The van der Waals surface area contributed by atoms with Crippen LogP contribution in [0, 0.1) is 0 Å². The first-order valence-electron chi connectivity index (χ1n) is 26.5. The van der Waals surface area contributed by atoms with Crippen LogP contribution in [0.2, 0.25) is 0 Å². The van der Waals surface area contributed by atoms with Crippen molar-refractivity contribution in [1.29, 1.82) is 0 Å². The quantitative estimate of drug-likeness (QED) is 0.0454. The van der Waals surface area contributed by atoms with E-state index < -0.39 is 6.16 Å². The van der Waals surface area contributed by atoms with Crippen molar-refractivity contribution in [2.75, 3.05) is 54.4 Å². The molecule has 0 aliphatic rings. The Morgan fingerprint density at radius 2 is 0.362 bits per heavy atom. The minimum absolute atomic E-state index is 1.24. The molecule has 0 aromatic heterocycles. The molecule has 0 saturated heterocycles. The van der Waals surface area contributed by atoms with Crippen LogP contribution in [0.3, 0.4) is 0 Å². The number of quaternary nitrogens is 2. The lowest BCUT2D eigenvalue weighted by Crippen LogP contribution is -2.41. The third-order valence-corrected chi connectivity index (χ3v) is 12.5. The van der Waals surface area contributed by atoms with Gasteiger partial charge in [0.1, 0.15) is 0 Å². The molecule has 5 nitrogen and oxygen atoms in total. The molecule has 0 aliphatic heterocycles. The Morgan fingerprint density at radius 1 is 0.259 bits per heavy atom.